The number of aromatic nitrogens is 2. The number of carboxylic acids is 1. The first-order chi connectivity index (χ1) is 18.9. The van der Waals surface area contributed by atoms with Crippen molar-refractivity contribution in [1.82, 2.24) is 14.7 Å². The average molecular weight is 545 g/mol. The highest BCUT2D eigenvalue weighted by atomic mass is 16.4. The van der Waals surface area contributed by atoms with Gasteiger partial charge in [0.05, 0.1) is 34.8 Å². The molecule has 0 aliphatic carbocycles. The van der Waals surface area contributed by atoms with Crippen molar-refractivity contribution in [2.75, 3.05) is 4.90 Å². The Labute approximate surface area is 231 Å². The van der Waals surface area contributed by atoms with Gasteiger partial charge in [-0.25, -0.2) is 9.58 Å². The molecule has 40 heavy (non-hydrogen) atoms. The van der Waals surface area contributed by atoms with E-state index < -0.39 is 46.8 Å². The van der Waals surface area contributed by atoms with Gasteiger partial charge in [0.1, 0.15) is 5.54 Å². The van der Waals surface area contributed by atoms with Crippen molar-refractivity contribution in [1.29, 1.82) is 0 Å². The molecular formula is C30H32N4O6. The number of amides is 2. The number of carbonyl (C=O) groups excluding carboxylic acids is 3. The largest absolute Gasteiger partial charge is 0.480 e. The molecule has 208 valence electrons. The van der Waals surface area contributed by atoms with Crippen molar-refractivity contribution in [3.8, 4) is 5.69 Å². The molecule has 4 unspecified atom stereocenters. The molecule has 2 amide bonds. The third kappa shape index (κ3) is 3.93. The Hall–Kier alpha value is -4.31. The van der Waals surface area contributed by atoms with Gasteiger partial charge in [-0.05, 0) is 62.6 Å². The van der Waals surface area contributed by atoms with E-state index in [1.54, 1.807) is 42.9 Å². The number of para-hydroxylation sites is 1. The molecule has 10 nitrogen and oxygen atoms in total. The zero-order valence-corrected chi connectivity index (χ0v) is 23.0. The minimum Gasteiger partial charge on any atom is -0.480 e. The van der Waals surface area contributed by atoms with E-state index in [1.165, 1.54) is 35.9 Å². The molecule has 2 aromatic carbocycles. The van der Waals surface area contributed by atoms with Gasteiger partial charge in [0.25, 0.3) is 5.56 Å². The summed E-state index contributed by atoms with van der Waals surface area (Å²) in [6, 6.07) is 14.1. The first-order valence-electron chi connectivity index (χ1n) is 13.2. The predicted octanol–water partition coefficient (Wildman–Crippen LogP) is 3.01. The van der Waals surface area contributed by atoms with Crippen LogP contribution in [0.25, 0.3) is 5.69 Å². The summed E-state index contributed by atoms with van der Waals surface area (Å²) in [6.45, 7) is 6.86. The first-order valence-corrected chi connectivity index (χ1v) is 13.2. The number of rotatable bonds is 7. The van der Waals surface area contributed by atoms with Crippen molar-refractivity contribution in [3.05, 3.63) is 81.8 Å². The van der Waals surface area contributed by atoms with E-state index in [0.29, 0.717) is 16.9 Å². The Balaban J connectivity index is 1.69. The van der Waals surface area contributed by atoms with Gasteiger partial charge >= 0.3 is 5.97 Å². The lowest BCUT2D eigenvalue weighted by molar-refractivity contribution is -0.149. The van der Waals surface area contributed by atoms with E-state index in [-0.39, 0.29) is 29.4 Å². The molecule has 10 heteroatoms. The summed E-state index contributed by atoms with van der Waals surface area (Å²) in [4.78, 5) is 67.8. The molecule has 2 N–H and O–H groups in total. The highest BCUT2D eigenvalue weighted by Gasteiger charge is 2.69. The van der Waals surface area contributed by atoms with Crippen LogP contribution in [0.2, 0.25) is 0 Å². The maximum atomic E-state index is 14.1. The van der Waals surface area contributed by atoms with Gasteiger partial charge in [0, 0.05) is 18.3 Å². The molecule has 0 radical (unpaired) electrons. The number of imide groups is 1. The van der Waals surface area contributed by atoms with Crippen molar-refractivity contribution >= 4 is 29.3 Å². The molecule has 2 aliphatic rings. The number of hydrogen-bond donors (Lipinski definition) is 2. The van der Waals surface area contributed by atoms with Crippen molar-refractivity contribution in [3.63, 3.8) is 0 Å². The van der Waals surface area contributed by atoms with Crippen LogP contribution in [-0.4, -0.2) is 43.6 Å². The lowest BCUT2D eigenvalue weighted by atomic mass is 9.75. The van der Waals surface area contributed by atoms with Gasteiger partial charge in [0.2, 0.25) is 11.8 Å². The van der Waals surface area contributed by atoms with E-state index in [4.69, 9.17) is 0 Å². The molecule has 4 atom stereocenters. The van der Waals surface area contributed by atoms with Crippen molar-refractivity contribution in [2.45, 2.75) is 45.7 Å². The number of ketones is 1. The zero-order valence-electron chi connectivity index (χ0n) is 23.0. The first kappa shape index (κ1) is 27.3. The molecule has 0 bridgehead atoms. The van der Waals surface area contributed by atoms with Crippen LogP contribution in [0, 0.1) is 24.7 Å². The van der Waals surface area contributed by atoms with Crippen LogP contribution in [0.3, 0.4) is 0 Å². The lowest BCUT2D eigenvalue weighted by Crippen LogP contribution is -2.56. The second-order valence-electron chi connectivity index (χ2n) is 11.1. The zero-order chi connectivity index (χ0) is 29.1. The molecule has 3 heterocycles. The average Bonchev–Trinajstić information content (AvgIpc) is 3.46. The Bertz CT molecular complexity index is 1590. The minimum absolute atomic E-state index is 0.0783. The molecule has 5 rings (SSSR count). The fraction of sp³-hybridized carbons (Fsp3) is 0.367. The predicted molar refractivity (Wildman–Crippen MR) is 147 cm³/mol. The molecule has 3 aromatic rings. The summed E-state index contributed by atoms with van der Waals surface area (Å²) in [7, 11) is 1.72. The van der Waals surface area contributed by atoms with Crippen molar-refractivity contribution in [2.24, 2.45) is 24.8 Å². The number of aliphatic carboxylic acids is 1. The molecule has 0 spiro atoms. The van der Waals surface area contributed by atoms with Gasteiger partial charge in [-0.1, -0.05) is 32.0 Å². The van der Waals surface area contributed by atoms with Gasteiger partial charge < -0.3 is 5.11 Å². The van der Waals surface area contributed by atoms with Crippen LogP contribution in [0.1, 0.15) is 54.8 Å². The van der Waals surface area contributed by atoms with Crippen LogP contribution in [-0.2, 0) is 21.4 Å². The molecule has 2 saturated heterocycles. The second kappa shape index (κ2) is 9.71. The molecule has 2 aliphatic heterocycles. The number of benzene rings is 2. The van der Waals surface area contributed by atoms with Crippen LogP contribution in [0.4, 0.5) is 5.69 Å². The SMILES string of the molecule is CC(=O)c1ccc(N2C(=O)C3C(c4c(C)n(C)n(-c5ccccc5)c4=O)NC(CC(C)C)(C(=O)O)C3C2=O)cc1. The second-order valence-corrected chi connectivity index (χ2v) is 11.1. The van der Waals surface area contributed by atoms with E-state index in [9.17, 15) is 29.1 Å². The molecule has 2 fully saturated rings. The number of fused-ring (bicyclic) bond motifs is 1. The van der Waals surface area contributed by atoms with Gasteiger partial charge in [-0.2, -0.15) is 0 Å². The summed E-state index contributed by atoms with van der Waals surface area (Å²) in [5, 5.41) is 13.7. The third-order valence-corrected chi connectivity index (χ3v) is 8.21. The monoisotopic (exact) mass is 544 g/mol. The maximum Gasteiger partial charge on any atom is 0.324 e. The molecular weight excluding hydrogens is 512 g/mol. The van der Waals surface area contributed by atoms with Crippen LogP contribution >= 0.6 is 0 Å². The molecule has 1 aromatic heterocycles. The van der Waals surface area contributed by atoms with Crippen LogP contribution in [0.15, 0.2) is 59.4 Å². The standard InChI is InChI=1S/C30H32N4O6/c1-16(2)15-30(29(39)40)24-23(26(36)33(28(24)38)20-13-11-19(12-14-20)18(4)35)25(31-30)22-17(3)32(5)34(27(22)37)21-9-7-6-8-10-21/h6-14,16,23-25,31H,15H2,1-5H3,(H,39,40). The Kier molecular flexibility index (Phi) is 6.62. The molecule has 0 saturated carbocycles. The summed E-state index contributed by atoms with van der Waals surface area (Å²) >= 11 is 0. The fourth-order valence-electron chi connectivity index (χ4n) is 6.41. The number of nitrogens with zero attached hydrogens (tertiary/aromatic N) is 3. The Morgan fingerprint density at radius 3 is 2.15 bits per heavy atom. The Morgan fingerprint density at radius 2 is 1.60 bits per heavy atom. The maximum absolute atomic E-state index is 14.1. The number of Topliss-reactive ketones (excluding diaryl/α,β-unsaturated/α-hetero) is 1. The summed E-state index contributed by atoms with van der Waals surface area (Å²) < 4.78 is 3.15. The van der Waals surface area contributed by atoms with E-state index in [2.05, 4.69) is 5.32 Å². The normalized spacial score (nSPS) is 24.1. The van der Waals surface area contributed by atoms with E-state index in [1.807, 2.05) is 19.9 Å². The van der Waals surface area contributed by atoms with Crippen LogP contribution in [0.5, 0.6) is 0 Å². The fourth-order valence-corrected chi connectivity index (χ4v) is 6.41. The summed E-state index contributed by atoms with van der Waals surface area (Å²) in [5.74, 6) is -5.11. The van der Waals surface area contributed by atoms with E-state index >= 15 is 0 Å². The van der Waals surface area contributed by atoms with Gasteiger partial charge in [-0.15, -0.1) is 0 Å². The number of hydrogen-bond acceptors (Lipinski definition) is 6. The Morgan fingerprint density at radius 1 is 0.975 bits per heavy atom. The highest BCUT2D eigenvalue weighted by Crippen LogP contribution is 2.51. The number of carboxylic acid groups (broad SMARTS) is 1. The smallest absolute Gasteiger partial charge is 0.324 e. The van der Waals surface area contributed by atoms with Gasteiger partial charge in [-0.3, -0.25) is 34.0 Å². The van der Waals surface area contributed by atoms with E-state index in [0.717, 1.165) is 4.90 Å². The van der Waals surface area contributed by atoms with Crippen molar-refractivity contribution < 1.29 is 24.3 Å². The topological polar surface area (TPSA) is 131 Å². The quantitative estimate of drug-likeness (QED) is 0.345. The summed E-state index contributed by atoms with van der Waals surface area (Å²) in [6.07, 6.45) is 0.0783. The third-order valence-electron chi connectivity index (χ3n) is 8.21. The minimum atomic E-state index is -1.77. The van der Waals surface area contributed by atoms with Gasteiger partial charge in [0.15, 0.2) is 5.78 Å². The number of anilines is 1. The highest BCUT2D eigenvalue weighted by molar-refractivity contribution is 6.24. The number of carbonyl (C=O) groups is 4. The van der Waals surface area contributed by atoms with Crippen LogP contribution < -0.4 is 15.8 Å². The lowest BCUT2D eigenvalue weighted by Gasteiger charge is -2.32. The number of nitrogens with one attached hydrogen (secondary N) is 1. The summed E-state index contributed by atoms with van der Waals surface area (Å²) in [5.41, 5.74) is -0.0590.